The number of allylic oxidation sites excluding steroid dienone is 2. The predicted octanol–water partition coefficient (Wildman–Crippen LogP) is 5.05. The second-order valence-corrected chi connectivity index (χ2v) is 4.94. The molecule has 0 bridgehead atoms. The molecule has 0 N–H and O–H groups in total. The zero-order valence-electron chi connectivity index (χ0n) is 10.9. The van der Waals surface area contributed by atoms with E-state index in [0.717, 1.165) is 17.8 Å². The van der Waals surface area contributed by atoms with Crippen LogP contribution in [0, 0.1) is 17.8 Å². The molecule has 0 aromatic rings. The largest absolute Gasteiger partial charge is 0.0828 e. The van der Waals surface area contributed by atoms with Crippen LogP contribution in [0.2, 0.25) is 0 Å². The van der Waals surface area contributed by atoms with Crippen LogP contribution in [-0.4, -0.2) is 0 Å². The molecule has 0 amide bonds. The van der Waals surface area contributed by atoms with Gasteiger partial charge in [-0.15, -0.1) is 0 Å². The molecule has 0 aromatic heterocycles. The number of hydrogen-bond acceptors (Lipinski definition) is 0. The highest BCUT2D eigenvalue weighted by Crippen LogP contribution is 2.23. The topological polar surface area (TPSA) is 0 Å². The van der Waals surface area contributed by atoms with E-state index in [0.29, 0.717) is 0 Å². The molecule has 0 heteroatoms. The second-order valence-electron chi connectivity index (χ2n) is 4.94. The summed E-state index contributed by atoms with van der Waals surface area (Å²) in [6.07, 6.45) is 6.29. The van der Waals surface area contributed by atoms with Crippen LogP contribution >= 0.6 is 0 Å². The first-order valence-electron chi connectivity index (χ1n) is 6.18. The van der Waals surface area contributed by atoms with Gasteiger partial charge in [-0.1, -0.05) is 52.7 Å². The van der Waals surface area contributed by atoms with Crippen LogP contribution in [0.15, 0.2) is 11.6 Å². The molecule has 0 saturated carbocycles. The summed E-state index contributed by atoms with van der Waals surface area (Å²) in [4.78, 5) is 0. The Hall–Kier alpha value is -0.260. The van der Waals surface area contributed by atoms with Gasteiger partial charge in [0.1, 0.15) is 0 Å². The van der Waals surface area contributed by atoms with Crippen LogP contribution in [0.4, 0.5) is 0 Å². The molecule has 0 aromatic carbocycles. The Kier molecular flexibility index (Phi) is 6.96. The van der Waals surface area contributed by atoms with Gasteiger partial charge in [0, 0.05) is 0 Å². The van der Waals surface area contributed by atoms with Crippen LogP contribution in [0.1, 0.15) is 60.8 Å². The van der Waals surface area contributed by atoms with Crippen molar-refractivity contribution in [2.75, 3.05) is 0 Å². The zero-order chi connectivity index (χ0) is 11.1. The molecule has 0 nitrogen and oxygen atoms in total. The lowest BCUT2D eigenvalue weighted by Gasteiger charge is -2.20. The van der Waals surface area contributed by atoms with Gasteiger partial charge in [0.2, 0.25) is 0 Å². The molecule has 0 heterocycles. The van der Waals surface area contributed by atoms with Gasteiger partial charge < -0.3 is 0 Å². The van der Waals surface area contributed by atoms with Crippen molar-refractivity contribution in [2.24, 2.45) is 17.8 Å². The lowest BCUT2D eigenvalue weighted by Crippen LogP contribution is -2.10. The molecule has 14 heavy (non-hydrogen) atoms. The monoisotopic (exact) mass is 196 g/mol. The summed E-state index contributed by atoms with van der Waals surface area (Å²) < 4.78 is 0. The van der Waals surface area contributed by atoms with Crippen molar-refractivity contribution in [3.8, 4) is 0 Å². The van der Waals surface area contributed by atoms with E-state index in [1.54, 1.807) is 0 Å². The van der Waals surface area contributed by atoms with E-state index in [1.165, 1.54) is 24.8 Å². The minimum atomic E-state index is 0.749. The highest BCUT2D eigenvalue weighted by molar-refractivity contribution is 4.99. The molecule has 0 rings (SSSR count). The molecule has 0 fully saturated rings. The summed E-state index contributed by atoms with van der Waals surface area (Å²) in [6, 6.07) is 0. The SMILES string of the molecule is CCC(C)=CC(C)CC(C)C(C)CC. The highest BCUT2D eigenvalue weighted by Gasteiger charge is 2.12. The van der Waals surface area contributed by atoms with Gasteiger partial charge in [0.25, 0.3) is 0 Å². The fraction of sp³-hybridized carbons (Fsp3) is 0.857. The summed E-state index contributed by atoms with van der Waals surface area (Å²) in [5.74, 6) is 2.47. The summed E-state index contributed by atoms with van der Waals surface area (Å²) >= 11 is 0. The molecule has 3 atom stereocenters. The van der Waals surface area contributed by atoms with Gasteiger partial charge in [-0.05, 0) is 37.5 Å². The van der Waals surface area contributed by atoms with Crippen molar-refractivity contribution < 1.29 is 0 Å². The smallest absolute Gasteiger partial charge is 0.0257 e. The van der Waals surface area contributed by atoms with Gasteiger partial charge in [-0.3, -0.25) is 0 Å². The summed E-state index contributed by atoms with van der Waals surface area (Å²) in [5.41, 5.74) is 1.54. The quantitative estimate of drug-likeness (QED) is 0.521. The van der Waals surface area contributed by atoms with Gasteiger partial charge in [-0.2, -0.15) is 0 Å². The van der Waals surface area contributed by atoms with Crippen LogP contribution < -0.4 is 0 Å². The van der Waals surface area contributed by atoms with Gasteiger partial charge in [0.15, 0.2) is 0 Å². The Morgan fingerprint density at radius 3 is 2.07 bits per heavy atom. The first-order valence-corrected chi connectivity index (χ1v) is 6.18. The Morgan fingerprint density at radius 2 is 1.64 bits per heavy atom. The summed E-state index contributed by atoms with van der Waals surface area (Å²) in [5, 5.41) is 0. The fourth-order valence-electron chi connectivity index (χ4n) is 1.89. The maximum absolute atomic E-state index is 2.44. The molecule has 84 valence electrons. The van der Waals surface area contributed by atoms with Gasteiger partial charge >= 0.3 is 0 Å². The third-order valence-corrected chi connectivity index (χ3v) is 3.49. The van der Waals surface area contributed by atoms with E-state index in [2.05, 4.69) is 47.6 Å². The van der Waals surface area contributed by atoms with E-state index < -0.39 is 0 Å². The van der Waals surface area contributed by atoms with Crippen LogP contribution in [-0.2, 0) is 0 Å². The Bertz CT molecular complexity index is 167. The van der Waals surface area contributed by atoms with Crippen LogP contribution in [0.3, 0.4) is 0 Å². The summed E-state index contributed by atoms with van der Waals surface area (Å²) in [7, 11) is 0. The normalized spacial score (nSPS) is 19.1. The van der Waals surface area contributed by atoms with Crippen LogP contribution in [0.5, 0.6) is 0 Å². The van der Waals surface area contributed by atoms with E-state index >= 15 is 0 Å². The third-order valence-electron chi connectivity index (χ3n) is 3.49. The molecule has 3 unspecified atom stereocenters. The van der Waals surface area contributed by atoms with E-state index in [1.807, 2.05) is 0 Å². The van der Waals surface area contributed by atoms with E-state index in [9.17, 15) is 0 Å². The van der Waals surface area contributed by atoms with Crippen LogP contribution in [0.25, 0.3) is 0 Å². The Balaban J connectivity index is 3.99. The summed E-state index contributed by atoms with van der Waals surface area (Å²) in [6.45, 7) is 13.9. The minimum Gasteiger partial charge on any atom is -0.0828 e. The Labute approximate surface area is 90.8 Å². The molecule has 0 aliphatic carbocycles. The molecule has 0 spiro atoms. The number of rotatable bonds is 6. The van der Waals surface area contributed by atoms with E-state index in [4.69, 9.17) is 0 Å². The third kappa shape index (κ3) is 5.47. The Morgan fingerprint density at radius 1 is 1.07 bits per heavy atom. The average molecular weight is 196 g/mol. The molecule has 0 saturated heterocycles. The molecule has 0 aliphatic rings. The van der Waals surface area contributed by atoms with Crippen molar-refractivity contribution in [2.45, 2.75) is 60.8 Å². The standard InChI is InChI=1S/C14H28/c1-7-11(3)9-12(4)10-14(6)13(5)8-2/h9,12-14H,7-8,10H2,1-6H3. The molecular formula is C14H28. The minimum absolute atomic E-state index is 0.749. The molecular weight excluding hydrogens is 168 g/mol. The van der Waals surface area contributed by atoms with Crippen molar-refractivity contribution >= 4 is 0 Å². The maximum atomic E-state index is 2.44. The molecule has 0 radical (unpaired) electrons. The second kappa shape index (κ2) is 7.09. The van der Waals surface area contributed by atoms with Crippen molar-refractivity contribution in [1.29, 1.82) is 0 Å². The van der Waals surface area contributed by atoms with Gasteiger partial charge in [0.05, 0.1) is 0 Å². The lowest BCUT2D eigenvalue weighted by atomic mass is 9.85. The first kappa shape index (κ1) is 13.7. The average Bonchev–Trinajstić information content (AvgIpc) is 2.15. The maximum Gasteiger partial charge on any atom is -0.0257 e. The molecule has 0 aliphatic heterocycles. The van der Waals surface area contributed by atoms with Crippen molar-refractivity contribution in [1.82, 2.24) is 0 Å². The van der Waals surface area contributed by atoms with E-state index in [-0.39, 0.29) is 0 Å². The fourth-order valence-corrected chi connectivity index (χ4v) is 1.89. The van der Waals surface area contributed by atoms with Crippen molar-refractivity contribution in [3.05, 3.63) is 11.6 Å². The lowest BCUT2D eigenvalue weighted by molar-refractivity contribution is 0.328. The highest BCUT2D eigenvalue weighted by atomic mass is 14.2. The number of hydrogen-bond donors (Lipinski definition) is 0. The van der Waals surface area contributed by atoms with Crippen molar-refractivity contribution in [3.63, 3.8) is 0 Å². The first-order chi connectivity index (χ1) is 6.51. The zero-order valence-corrected chi connectivity index (χ0v) is 10.9. The predicted molar refractivity (Wildman–Crippen MR) is 66.4 cm³/mol. The van der Waals surface area contributed by atoms with Gasteiger partial charge in [-0.25, -0.2) is 0 Å².